The molecule has 0 fully saturated rings. The highest BCUT2D eigenvalue weighted by Gasteiger charge is 2.37. The van der Waals surface area contributed by atoms with Crippen LogP contribution >= 0.6 is 0 Å². The highest BCUT2D eigenvalue weighted by molar-refractivity contribution is 6.08. The van der Waals surface area contributed by atoms with Crippen molar-refractivity contribution in [2.75, 3.05) is 5.32 Å². The van der Waals surface area contributed by atoms with Gasteiger partial charge in [-0.2, -0.15) is 0 Å². The van der Waals surface area contributed by atoms with E-state index in [1.807, 2.05) is 13.8 Å². The summed E-state index contributed by atoms with van der Waals surface area (Å²) in [5.74, 6) is -0.101. The zero-order valence-electron chi connectivity index (χ0n) is 16.1. The Bertz CT molecular complexity index is 985. The van der Waals surface area contributed by atoms with Gasteiger partial charge in [0.1, 0.15) is 11.4 Å². The van der Waals surface area contributed by atoms with Crippen molar-refractivity contribution in [3.05, 3.63) is 56.0 Å². The van der Waals surface area contributed by atoms with E-state index in [9.17, 15) is 19.7 Å². The lowest BCUT2D eigenvalue weighted by atomic mass is 9.76. The van der Waals surface area contributed by atoms with Gasteiger partial charge in [-0.25, -0.2) is 0 Å². The molecule has 1 aliphatic carbocycles. The number of carbonyl (C=O) groups is 2. The fraction of sp³-hybridized carbons (Fsp3) is 0.400. The minimum Gasteiger partial charge on any atom is -0.455 e. The topological polar surface area (TPSA) is 102 Å². The molecule has 0 saturated heterocycles. The minimum atomic E-state index is -0.595. The summed E-state index contributed by atoms with van der Waals surface area (Å²) in [5.41, 5.74) is 2.00. The quantitative estimate of drug-likeness (QED) is 0.632. The van der Waals surface area contributed by atoms with Gasteiger partial charge in [0.25, 0.3) is 11.6 Å². The van der Waals surface area contributed by atoms with Crippen molar-refractivity contribution in [3.63, 3.8) is 0 Å². The summed E-state index contributed by atoms with van der Waals surface area (Å²) in [4.78, 5) is 36.1. The van der Waals surface area contributed by atoms with Crippen molar-refractivity contribution in [2.45, 2.75) is 47.5 Å². The summed E-state index contributed by atoms with van der Waals surface area (Å²) in [5, 5.41) is 14.0. The highest BCUT2D eigenvalue weighted by Crippen LogP contribution is 2.39. The summed E-state index contributed by atoms with van der Waals surface area (Å²) in [6, 6.07) is 3.17. The SMILES string of the molecule is Cc1cc(C)c(NC(=O)c2oc3c(c2C)C(=O)CC(C)(C)C3)c([N+](=O)[O-])c1. The molecule has 1 N–H and O–H groups in total. The van der Waals surface area contributed by atoms with Crippen LogP contribution in [0, 0.1) is 36.3 Å². The normalized spacial score (nSPS) is 15.4. The summed E-state index contributed by atoms with van der Waals surface area (Å²) < 4.78 is 5.74. The first-order valence-electron chi connectivity index (χ1n) is 8.72. The average molecular weight is 370 g/mol. The van der Waals surface area contributed by atoms with Gasteiger partial charge in [0.15, 0.2) is 11.5 Å². The fourth-order valence-corrected chi connectivity index (χ4v) is 3.72. The molecule has 7 nitrogen and oxygen atoms in total. The number of Topliss-reactive ketones (excluding diaryl/α,β-unsaturated/α-hetero) is 1. The summed E-state index contributed by atoms with van der Waals surface area (Å²) >= 11 is 0. The predicted molar refractivity (Wildman–Crippen MR) is 100 cm³/mol. The maximum absolute atomic E-state index is 12.8. The van der Waals surface area contributed by atoms with Gasteiger partial charge in [0.2, 0.25) is 0 Å². The van der Waals surface area contributed by atoms with E-state index in [2.05, 4.69) is 5.32 Å². The highest BCUT2D eigenvalue weighted by atomic mass is 16.6. The number of ketones is 1. The Labute approximate surface area is 156 Å². The van der Waals surface area contributed by atoms with Crippen LogP contribution in [-0.2, 0) is 6.42 Å². The molecule has 1 aliphatic rings. The first-order valence-corrected chi connectivity index (χ1v) is 8.72. The molecule has 0 unspecified atom stereocenters. The number of hydrogen-bond donors (Lipinski definition) is 1. The second-order valence-electron chi connectivity index (χ2n) is 7.98. The van der Waals surface area contributed by atoms with Crippen molar-refractivity contribution in [3.8, 4) is 0 Å². The number of nitro benzene ring substituents is 1. The molecule has 1 heterocycles. The van der Waals surface area contributed by atoms with Crippen molar-refractivity contribution >= 4 is 23.1 Å². The number of nitro groups is 1. The number of fused-ring (bicyclic) bond motifs is 1. The van der Waals surface area contributed by atoms with E-state index in [0.717, 1.165) is 5.56 Å². The molecule has 0 bridgehead atoms. The fourth-order valence-electron chi connectivity index (χ4n) is 3.72. The summed E-state index contributed by atoms with van der Waals surface area (Å²) in [6.07, 6.45) is 0.954. The lowest BCUT2D eigenvalue weighted by Gasteiger charge is -2.27. The van der Waals surface area contributed by atoms with Gasteiger partial charge in [-0.1, -0.05) is 19.9 Å². The molecule has 1 aromatic carbocycles. The van der Waals surface area contributed by atoms with E-state index in [1.54, 1.807) is 26.8 Å². The van der Waals surface area contributed by atoms with Crippen LogP contribution in [0.15, 0.2) is 16.5 Å². The standard InChI is InChI=1S/C20H22N2O5/c1-10-6-11(2)17(13(7-10)22(25)26)21-19(24)18-12(3)16-14(23)8-20(4,5)9-15(16)27-18/h6-7H,8-9H2,1-5H3,(H,21,24). The maximum atomic E-state index is 12.8. The van der Waals surface area contributed by atoms with Gasteiger partial charge in [-0.15, -0.1) is 0 Å². The number of benzene rings is 1. The van der Waals surface area contributed by atoms with Crippen LogP contribution in [0.4, 0.5) is 11.4 Å². The van der Waals surface area contributed by atoms with E-state index in [4.69, 9.17) is 4.42 Å². The Morgan fingerprint density at radius 3 is 2.52 bits per heavy atom. The van der Waals surface area contributed by atoms with Gasteiger partial charge in [0, 0.05) is 24.5 Å². The van der Waals surface area contributed by atoms with Crippen LogP contribution in [0.1, 0.15) is 63.6 Å². The number of carbonyl (C=O) groups excluding carboxylic acids is 2. The molecule has 2 aromatic rings. The van der Waals surface area contributed by atoms with Gasteiger partial charge in [-0.05, 0) is 37.3 Å². The molecular weight excluding hydrogens is 348 g/mol. The van der Waals surface area contributed by atoms with Crippen molar-refractivity contribution < 1.29 is 18.9 Å². The van der Waals surface area contributed by atoms with Crippen LogP contribution in [0.2, 0.25) is 0 Å². The van der Waals surface area contributed by atoms with E-state index in [-0.39, 0.29) is 28.3 Å². The van der Waals surface area contributed by atoms with E-state index in [0.29, 0.717) is 35.3 Å². The summed E-state index contributed by atoms with van der Waals surface area (Å²) in [6.45, 7) is 9.07. The Morgan fingerprint density at radius 1 is 1.22 bits per heavy atom. The predicted octanol–water partition coefficient (Wildman–Crippen LogP) is 4.52. The molecule has 0 radical (unpaired) electrons. The lowest BCUT2D eigenvalue weighted by Crippen LogP contribution is -2.26. The Hall–Kier alpha value is -2.96. The van der Waals surface area contributed by atoms with Crippen LogP contribution in [0.3, 0.4) is 0 Å². The largest absolute Gasteiger partial charge is 0.455 e. The lowest BCUT2D eigenvalue weighted by molar-refractivity contribution is -0.384. The Balaban J connectivity index is 2.00. The zero-order chi connectivity index (χ0) is 20.1. The van der Waals surface area contributed by atoms with Crippen LogP contribution in [-0.4, -0.2) is 16.6 Å². The molecule has 142 valence electrons. The monoisotopic (exact) mass is 370 g/mol. The smallest absolute Gasteiger partial charge is 0.293 e. The molecule has 3 rings (SSSR count). The maximum Gasteiger partial charge on any atom is 0.293 e. The van der Waals surface area contributed by atoms with Gasteiger partial charge in [-0.3, -0.25) is 19.7 Å². The number of hydrogen-bond acceptors (Lipinski definition) is 5. The minimum absolute atomic E-state index is 0.0281. The van der Waals surface area contributed by atoms with Crippen molar-refractivity contribution in [2.24, 2.45) is 5.41 Å². The van der Waals surface area contributed by atoms with E-state index >= 15 is 0 Å². The van der Waals surface area contributed by atoms with Gasteiger partial charge >= 0.3 is 0 Å². The second-order valence-corrected chi connectivity index (χ2v) is 7.98. The third kappa shape index (κ3) is 3.37. The third-order valence-electron chi connectivity index (χ3n) is 4.88. The molecule has 27 heavy (non-hydrogen) atoms. The molecule has 1 aromatic heterocycles. The molecule has 0 saturated carbocycles. The number of aryl methyl sites for hydroxylation is 2. The van der Waals surface area contributed by atoms with Crippen LogP contribution in [0.25, 0.3) is 0 Å². The van der Waals surface area contributed by atoms with Crippen LogP contribution < -0.4 is 5.32 Å². The summed E-state index contributed by atoms with van der Waals surface area (Å²) in [7, 11) is 0. The number of amides is 1. The van der Waals surface area contributed by atoms with Gasteiger partial charge in [0.05, 0.1) is 10.5 Å². The first kappa shape index (κ1) is 18.8. The van der Waals surface area contributed by atoms with Crippen LogP contribution in [0.5, 0.6) is 0 Å². The number of rotatable bonds is 3. The van der Waals surface area contributed by atoms with E-state index in [1.165, 1.54) is 6.07 Å². The molecule has 0 atom stereocenters. The third-order valence-corrected chi connectivity index (χ3v) is 4.88. The molecule has 1 amide bonds. The van der Waals surface area contributed by atoms with Gasteiger partial charge < -0.3 is 9.73 Å². The molecule has 0 aliphatic heterocycles. The van der Waals surface area contributed by atoms with Crippen molar-refractivity contribution in [1.82, 2.24) is 0 Å². The molecule has 7 heteroatoms. The number of furan rings is 1. The number of nitrogens with zero attached hydrogens (tertiary/aromatic N) is 1. The zero-order valence-corrected chi connectivity index (χ0v) is 16.1. The molecule has 0 spiro atoms. The molecular formula is C20H22N2O5. The number of anilines is 1. The van der Waals surface area contributed by atoms with E-state index < -0.39 is 10.8 Å². The van der Waals surface area contributed by atoms with Crippen molar-refractivity contribution in [1.29, 1.82) is 0 Å². The Kier molecular flexibility index (Phi) is 4.41. The second kappa shape index (κ2) is 6.33. The average Bonchev–Trinajstić information content (AvgIpc) is 2.84. The Morgan fingerprint density at radius 2 is 1.89 bits per heavy atom. The first-order chi connectivity index (χ1) is 12.5. The number of nitrogens with one attached hydrogen (secondary N) is 1.